The average Bonchev–Trinajstić information content (AvgIpc) is 2.38. The molecule has 1 rings (SSSR count). The van der Waals surface area contributed by atoms with Gasteiger partial charge in [0, 0.05) is 12.1 Å². The summed E-state index contributed by atoms with van der Waals surface area (Å²) in [7, 11) is 0. The van der Waals surface area contributed by atoms with Gasteiger partial charge in [0.15, 0.2) is 0 Å². The van der Waals surface area contributed by atoms with Gasteiger partial charge >= 0.3 is 0 Å². The minimum atomic E-state index is 0. The molecule has 0 aromatic heterocycles. The van der Waals surface area contributed by atoms with Gasteiger partial charge in [0.2, 0.25) is 0 Å². The molecule has 0 aliphatic carbocycles. The number of halogens is 2. The third kappa shape index (κ3) is 3.48. The highest BCUT2D eigenvalue weighted by Gasteiger charge is 2.26. The van der Waals surface area contributed by atoms with Crippen molar-refractivity contribution in [1.82, 2.24) is 4.90 Å². The van der Waals surface area contributed by atoms with Crippen LogP contribution in [0.2, 0.25) is 0 Å². The van der Waals surface area contributed by atoms with Gasteiger partial charge in [0.05, 0.1) is 0 Å². The van der Waals surface area contributed by atoms with E-state index in [1.807, 2.05) is 0 Å². The van der Waals surface area contributed by atoms with Crippen LogP contribution in [0.3, 0.4) is 0 Å². The zero-order chi connectivity index (χ0) is 7.61. The lowest BCUT2D eigenvalue weighted by Crippen LogP contribution is -2.47. The maximum absolute atomic E-state index is 5.64. The van der Waals surface area contributed by atoms with E-state index in [2.05, 4.69) is 18.7 Å². The van der Waals surface area contributed by atoms with Crippen LogP contribution in [-0.2, 0) is 0 Å². The van der Waals surface area contributed by atoms with Crippen LogP contribution in [0.4, 0.5) is 0 Å². The summed E-state index contributed by atoms with van der Waals surface area (Å²) in [6.45, 7) is 7.69. The number of likely N-dealkylation sites (tertiary alicyclic amines) is 1. The second-order valence-corrected chi connectivity index (χ2v) is 3.71. The predicted octanol–water partition coefficient (Wildman–Crippen LogP) is 1.66. The highest BCUT2D eigenvalue weighted by Crippen LogP contribution is 2.19. The Morgan fingerprint density at radius 2 is 1.58 bits per heavy atom. The molecule has 12 heavy (non-hydrogen) atoms. The van der Waals surface area contributed by atoms with Gasteiger partial charge in [-0.05, 0) is 39.8 Å². The topological polar surface area (TPSA) is 29.3 Å². The SMILES string of the molecule is CC(C)(CN)N1CCCC1.Cl.Cl. The Bertz CT molecular complexity index is 112. The first kappa shape index (κ1) is 15.0. The lowest BCUT2D eigenvalue weighted by molar-refractivity contribution is 0.163. The summed E-state index contributed by atoms with van der Waals surface area (Å²) in [4.78, 5) is 2.48. The van der Waals surface area contributed by atoms with Crippen molar-refractivity contribution in [3.63, 3.8) is 0 Å². The van der Waals surface area contributed by atoms with E-state index in [-0.39, 0.29) is 30.4 Å². The molecule has 76 valence electrons. The smallest absolute Gasteiger partial charge is 0.0275 e. The average molecular weight is 215 g/mol. The molecule has 2 N–H and O–H groups in total. The van der Waals surface area contributed by atoms with E-state index in [0.29, 0.717) is 0 Å². The quantitative estimate of drug-likeness (QED) is 0.759. The number of nitrogens with two attached hydrogens (primary N) is 1. The zero-order valence-corrected chi connectivity index (χ0v) is 9.51. The Balaban J connectivity index is 0. The Hall–Kier alpha value is 0.500. The Labute approximate surface area is 87.7 Å². The van der Waals surface area contributed by atoms with E-state index >= 15 is 0 Å². The van der Waals surface area contributed by atoms with Gasteiger partial charge in [0.25, 0.3) is 0 Å². The second kappa shape index (κ2) is 6.03. The zero-order valence-electron chi connectivity index (χ0n) is 7.88. The minimum Gasteiger partial charge on any atom is -0.329 e. The van der Waals surface area contributed by atoms with Crippen LogP contribution in [0.1, 0.15) is 26.7 Å². The maximum atomic E-state index is 5.64. The van der Waals surface area contributed by atoms with Crippen LogP contribution in [-0.4, -0.2) is 30.1 Å². The van der Waals surface area contributed by atoms with E-state index in [1.165, 1.54) is 25.9 Å². The first-order chi connectivity index (χ1) is 4.67. The molecule has 0 atom stereocenters. The van der Waals surface area contributed by atoms with Crippen LogP contribution in [0.25, 0.3) is 0 Å². The van der Waals surface area contributed by atoms with Crippen LogP contribution in [0.5, 0.6) is 0 Å². The van der Waals surface area contributed by atoms with Crippen molar-refractivity contribution < 1.29 is 0 Å². The van der Waals surface area contributed by atoms with Crippen molar-refractivity contribution in [2.24, 2.45) is 5.73 Å². The van der Waals surface area contributed by atoms with E-state index < -0.39 is 0 Å². The third-order valence-corrected chi connectivity index (χ3v) is 2.46. The maximum Gasteiger partial charge on any atom is 0.0275 e. The van der Waals surface area contributed by atoms with Gasteiger partial charge < -0.3 is 5.73 Å². The van der Waals surface area contributed by atoms with Crippen molar-refractivity contribution in [3.8, 4) is 0 Å². The van der Waals surface area contributed by atoms with Gasteiger partial charge in [-0.3, -0.25) is 4.90 Å². The normalized spacial score (nSPS) is 18.2. The second-order valence-electron chi connectivity index (χ2n) is 3.71. The number of hydrogen-bond acceptors (Lipinski definition) is 2. The molecule has 0 saturated carbocycles. The molecule has 1 fully saturated rings. The van der Waals surface area contributed by atoms with E-state index in [4.69, 9.17) is 5.73 Å². The van der Waals surface area contributed by atoms with Crippen molar-refractivity contribution in [3.05, 3.63) is 0 Å². The molecule has 1 heterocycles. The number of nitrogens with zero attached hydrogens (tertiary/aromatic N) is 1. The molecule has 0 unspecified atom stereocenters. The van der Waals surface area contributed by atoms with Crippen LogP contribution in [0, 0.1) is 0 Å². The van der Waals surface area contributed by atoms with E-state index in [1.54, 1.807) is 0 Å². The highest BCUT2D eigenvalue weighted by atomic mass is 35.5. The lowest BCUT2D eigenvalue weighted by Gasteiger charge is -2.33. The van der Waals surface area contributed by atoms with Gasteiger partial charge in [-0.15, -0.1) is 24.8 Å². The van der Waals surface area contributed by atoms with Gasteiger partial charge in [-0.25, -0.2) is 0 Å². The Kier molecular flexibility index (Phi) is 7.54. The molecule has 0 aromatic rings. The Morgan fingerprint density at radius 1 is 1.17 bits per heavy atom. The highest BCUT2D eigenvalue weighted by molar-refractivity contribution is 5.85. The molecule has 0 amide bonds. The van der Waals surface area contributed by atoms with Crippen molar-refractivity contribution >= 4 is 24.8 Å². The molecule has 0 bridgehead atoms. The molecule has 4 heteroatoms. The summed E-state index contributed by atoms with van der Waals surface area (Å²) < 4.78 is 0. The number of hydrogen-bond donors (Lipinski definition) is 1. The molecular formula is C8H20Cl2N2. The summed E-state index contributed by atoms with van der Waals surface area (Å²) >= 11 is 0. The molecular weight excluding hydrogens is 195 g/mol. The molecule has 1 saturated heterocycles. The first-order valence-electron chi connectivity index (χ1n) is 4.12. The summed E-state index contributed by atoms with van der Waals surface area (Å²) in [6, 6.07) is 0. The minimum absolute atomic E-state index is 0. The largest absolute Gasteiger partial charge is 0.329 e. The number of rotatable bonds is 2. The summed E-state index contributed by atoms with van der Waals surface area (Å²) in [6.07, 6.45) is 2.70. The standard InChI is InChI=1S/C8H18N2.2ClH/c1-8(2,7-9)10-5-3-4-6-10;;/h3-7,9H2,1-2H3;2*1H. The molecule has 1 aliphatic rings. The van der Waals surface area contributed by atoms with Gasteiger partial charge in [0.1, 0.15) is 0 Å². The fourth-order valence-electron chi connectivity index (χ4n) is 1.45. The van der Waals surface area contributed by atoms with Crippen LogP contribution >= 0.6 is 24.8 Å². The molecule has 0 spiro atoms. The van der Waals surface area contributed by atoms with Gasteiger partial charge in [-0.2, -0.15) is 0 Å². The van der Waals surface area contributed by atoms with Crippen molar-refractivity contribution in [1.29, 1.82) is 0 Å². The molecule has 0 aromatic carbocycles. The van der Waals surface area contributed by atoms with Crippen LogP contribution in [0.15, 0.2) is 0 Å². The molecule has 1 aliphatic heterocycles. The fourth-order valence-corrected chi connectivity index (χ4v) is 1.45. The van der Waals surface area contributed by atoms with Gasteiger partial charge in [-0.1, -0.05) is 0 Å². The summed E-state index contributed by atoms with van der Waals surface area (Å²) in [5, 5.41) is 0. The van der Waals surface area contributed by atoms with Crippen molar-refractivity contribution in [2.75, 3.05) is 19.6 Å². The monoisotopic (exact) mass is 214 g/mol. The Morgan fingerprint density at radius 3 is 1.92 bits per heavy atom. The predicted molar refractivity (Wildman–Crippen MR) is 58.4 cm³/mol. The van der Waals surface area contributed by atoms with E-state index in [9.17, 15) is 0 Å². The fraction of sp³-hybridized carbons (Fsp3) is 1.00. The molecule has 0 radical (unpaired) electrons. The lowest BCUT2D eigenvalue weighted by atomic mass is 10.0. The van der Waals surface area contributed by atoms with Crippen LogP contribution < -0.4 is 5.73 Å². The summed E-state index contributed by atoms with van der Waals surface area (Å²) in [5.41, 5.74) is 5.88. The third-order valence-electron chi connectivity index (χ3n) is 2.46. The van der Waals surface area contributed by atoms with E-state index in [0.717, 1.165) is 6.54 Å². The molecule has 2 nitrogen and oxygen atoms in total. The summed E-state index contributed by atoms with van der Waals surface area (Å²) in [5.74, 6) is 0. The van der Waals surface area contributed by atoms with Crippen molar-refractivity contribution in [2.45, 2.75) is 32.2 Å². The first-order valence-corrected chi connectivity index (χ1v) is 4.12.